The molecule has 0 bridgehead atoms. The molecule has 0 saturated carbocycles. The standard InChI is InChI=1S/C46H35N/c1-46(2,3)36-21-18-32-26-41-43(28-34(32)24-36)42-27-33-19-22-38(25-35(33)29-44(41)42)47(37-15-8-5-9-16-37)45-39-17-11-10-14-31(39)20-23-40(45)30-12-6-4-7-13-30/h4-29H,1-3H3. The van der Waals surface area contributed by atoms with Gasteiger partial charge < -0.3 is 4.90 Å². The zero-order valence-electron chi connectivity index (χ0n) is 27.0. The number of fused-ring (bicyclic) bond motifs is 7. The van der Waals surface area contributed by atoms with Crippen LogP contribution in [-0.4, -0.2) is 0 Å². The van der Waals surface area contributed by atoms with Gasteiger partial charge in [0.2, 0.25) is 0 Å². The summed E-state index contributed by atoms with van der Waals surface area (Å²) in [7, 11) is 0. The number of anilines is 3. The molecule has 0 amide bonds. The van der Waals surface area contributed by atoms with Gasteiger partial charge in [-0.15, -0.1) is 0 Å². The normalized spacial score (nSPS) is 12.1. The first kappa shape index (κ1) is 27.6. The summed E-state index contributed by atoms with van der Waals surface area (Å²) in [6, 6.07) is 58.3. The molecule has 1 heteroatoms. The summed E-state index contributed by atoms with van der Waals surface area (Å²) < 4.78 is 0. The molecule has 1 aliphatic carbocycles. The van der Waals surface area contributed by atoms with Gasteiger partial charge in [0.15, 0.2) is 0 Å². The first-order valence-corrected chi connectivity index (χ1v) is 16.5. The average Bonchev–Trinajstić information content (AvgIpc) is 3.10. The molecule has 0 radical (unpaired) electrons. The van der Waals surface area contributed by atoms with Crippen molar-refractivity contribution in [2.45, 2.75) is 26.2 Å². The lowest BCUT2D eigenvalue weighted by Crippen LogP contribution is -2.12. The maximum atomic E-state index is 2.44. The molecule has 0 aliphatic heterocycles. The Bertz CT molecular complexity index is 2480. The minimum Gasteiger partial charge on any atom is -0.309 e. The van der Waals surface area contributed by atoms with Gasteiger partial charge in [0.25, 0.3) is 0 Å². The summed E-state index contributed by atoms with van der Waals surface area (Å²) in [5.74, 6) is 0. The lowest BCUT2D eigenvalue weighted by molar-refractivity contribution is 0.591. The highest BCUT2D eigenvalue weighted by Crippen LogP contribution is 2.51. The summed E-state index contributed by atoms with van der Waals surface area (Å²) in [5, 5.41) is 7.58. The second-order valence-electron chi connectivity index (χ2n) is 13.9. The topological polar surface area (TPSA) is 3.24 Å². The van der Waals surface area contributed by atoms with Crippen molar-refractivity contribution in [3.8, 4) is 33.4 Å². The third-order valence-corrected chi connectivity index (χ3v) is 9.86. The van der Waals surface area contributed by atoms with Crippen LogP contribution in [0.4, 0.5) is 17.1 Å². The number of hydrogen-bond acceptors (Lipinski definition) is 1. The molecule has 0 aromatic heterocycles. The van der Waals surface area contributed by atoms with E-state index in [-0.39, 0.29) is 5.41 Å². The Hall–Kier alpha value is -5.66. The zero-order valence-corrected chi connectivity index (χ0v) is 27.0. The minimum absolute atomic E-state index is 0.129. The van der Waals surface area contributed by atoms with Crippen molar-refractivity contribution in [2.24, 2.45) is 0 Å². The Morgan fingerprint density at radius 2 is 0.936 bits per heavy atom. The average molecular weight is 602 g/mol. The first-order valence-electron chi connectivity index (χ1n) is 16.5. The molecule has 47 heavy (non-hydrogen) atoms. The second kappa shape index (κ2) is 10.4. The van der Waals surface area contributed by atoms with E-state index in [1.807, 2.05) is 0 Å². The predicted molar refractivity (Wildman–Crippen MR) is 202 cm³/mol. The SMILES string of the molecule is CC(C)(C)c1ccc2cc3c(cc2c1)-c1cc2ccc(N(c4ccccc4)c4c(-c5ccccc5)ccc5ccccc45)cc2cc1-3. The van der Waals surface area contributed by atoms with Crippen molar-refractivity contribution in [3.05, 3.63) is 163 Å². The highest BCUT2D eigenvalue weighted by Gasteiger charge is 2.25. The van der Waals surface area contributed by atoms with E-state index >= 15 is 0 Å². The fourth-order valence-electron chi connectivity index (χ4n) is 7.35. The van der Waals surface area contributed by atoms with Crippen LogP contribution < -0.4 is 4.90 Å². The van der Waals surface area contributed by atoms with Crippen molar-refractivity contribution in [1.82, 2.24) is 0 Å². The van der Waals surface area contributed by atoms with E-state index in [2.05, 4.69) is 183 Å². The summed E-state index contributed by atoms with van der Waals surface area (Å²) >= 11 is 0. The van der Waals surface area contributed by atoms with Crippen LogP contribution in [0.5, 0.6) is 0 Å². The first-order chi connectivity index (χ1) is 22.9. The maximum absolute atomic E-state index is 2.44. The Kier molecular flexibility index (Phi) is 6.14. The molecule has 0 heterocycles. The molecule has 8 aromatic rings. The van der Waals surface area contributed by atoms with Crippen LogP contribution in [-0.2, 0) is 5.41 Å². The quantitative estimate of drug-likeness (QED) is 0.194. The number of hydrogen-bond donors (Lipinski definition) is 0. The lowest BCUT2D eigenvalue weighted by Gasteiger charge is -2.30. The van der Waals surface area contributed by atoms with Gasteiger partial charge in [-0.2, -0.15) is 0 Å². The molecule has 0 fully saturated rings. The number of nitrogens with zero attached hydrogens (tertiary/aromatic N) is 1. The van der Waals surface area contributed by atoms with Crippen LogP contribution in [0.15, 0.2) is 158 Å². The van der Waals surface area contributed by atoms with Gasteiger partial charge in [-0.1, -0.05) is 130 Å². The van der Waals surface area contributed by atoms with Crippen molar-refractivity contribution >= 4 is 49.4 Å². The summed E-state index contributed by atoms with van der Waals surface area (Å²) in [5.41, 5.74) is 12.8. The molecule has 1 aliphatic rings. The van der Waals surface area contributed by atoms with E-state index in [0.29, 0.717) is 0 Å². The Labute approximate surface area is 276 Å². The van der Waals surface area contributed by atoms with E-state index in [1.165, 1.54) is 76.9 Å². The molecule has 1 nitrogen and oxygen atoms in total. The summed E-state index contributed by atoms with van der Waals surface area (Å²) in [6.07, 6.45) is 0. The fourth-order valence-corrected chi connectivity index (χ4v) is 7.35. The molecule has 0 atom stereocenters. The lowest BCUT2D eigenvalue weighted by atomic mass is 9.77. The summed E-state index contributed by atoms with van der Waals surface area (Å²) in [4.78, 5) is 2.44. The van der Waals surface area contributed by atoms with Crippen LogP contribution in [0.25, 0.3) is 65.7 Å². The molecular formula is C46H35N. The number of benzene rings is 8. The minimum atomic E-state index is 0.129. The Balaban J connectivity index is 1.22. The van der Waals surface area contributed by atoms with Gasteiger partial charge >= 0.3 is 0 Å². The predicted octanol–water partition coefficient (Wildman–Crippen LogP) is 13.2. The van der Waals surface area contributed by atoms with E-state index in [4.69, 9.17) is 0 Å². The van der Waals surface area contributed by atoms with Gasteiger partial charge in [-0.05, 0) is 114 Å². The third-order valence-electron chi connectivity index (χ3n) is 9.86. The maximum Gasteiger partial charge on any atom is 0.0618 e. The van der Waals surface area contributed by atoms with Crippen molar-refractivity contribution in [2.75, 3.05) is 4.90 Å². The van der Waals surface area contributed by atoms with Crippen LogP contribution in [0.1, 0.15) is 26.3 Å². The van der Waals surface area contributed by atoms with Gasteiger partial charge in [0, 0.05) is 22.3 Å². The van der Waals surface area contributed by atoms with Crippen molar-refractivity contribution < 1.29 is 0 Å². The van der Waals surface area contributed by atoms with Crippen molar-refractivity contribution in [1.29, 1.82) is 0 Å². The molecule has 0 N–H and O–H groups in total. The van der Waals surface area contributed by atoms with Gasteiger partial charge in [-0.25, -0.2) is 0 Å². The van der Waals surface area contributed by atoms with Crippen LogP contribution in [0, 0.1) is 0 Å². The molecule has 9 rings (SSSR count). The molecule has 8 aromatic carbocycles. The third kappa shape index (κ3) is 4.54. The van der Waals surface area contributed by atoms with Crippen LogP contribution in [0.2, 0.25) is 0 Å². The van der Waals surface area contributed by atoms with Gasteiger partial charge in [0.1, 0.15) is 0 Å². The summed E-state index contributed by atoms with van der Waals surface area (Å²) in [6.45, 7) is 6.85. The monoisotopic (exact) mass is 601 g/mol. The van der Waals surface area contributed by atoms with Crippen molar-refractivity contribution in [3.63, 3.8) is 0 Å². The van der Waals surface area contributed by atoms with E-state index in [0.717, 1.165) is 11.4 Å². The molecular weight excluding hydrogens is 567 g/mol. The number of para-hydroxylation sites is 1. The molecule has 0 unspecified atom stereocenters. The van der Waals surface area contributed by atoms with Crippen LogP contribution in [0.3, 0.4) is 0 Å². The van der Waals surface area contributed by atoms with E-state index < -0.39 is 0 Å². The Morgan fingerprint density at radius 3 is 1.62 bits per heavy atom. The molecule has 0 spiro atoms. The zero-order chi connectivity index (χ0) is 31.7. The smallest absolute Gasteiger partial charge is 0.0618 e. The number of rotatable bonds is 4. The van der Waals surface area contributed by atoms with Crippen LogP contribution >= 0.6 is 0 Å². The van der Waals surface area contributed by atoms with Gasteiger partial charge in [-0.3, -0.25) is 0 Å². The van der Waals surface area contributed by atoms with E-state index in [1.54, 1.807) is 0 Å². The van der Waals surface area contributed by atoms with E-state index in [9.17, 15) is 0 Å². The fraction of sp³-hybridized carbons (Fsp3) is 0.0870. The Morgan fingerprint density at radius 1 is 0.383 bits per heavy atom. The highest BCUT2D eigenvalue weighted by atomic mass is 15.1. The van der Waals surface area contributed by atoms with Gasteiger partial charge in [0.05, 0.1) is 5.69 Å². The highest BCUT2D eigenvalue weighted by molar-refractivity contribution is 6.13. The largest absolute Gasteiger partial charge is 0.309 e. The molecule has 224 valence electrons. The second-order valence-corrected chi connectivity index (χ2v) is 13.9. The molecule has 0 saturated heterocycles.